The Kier molecular flexibility index (Phi) is 10.2. The number of para-hydroxylation sites is 2. The van der Waals surface area contributed by atoms with Crippen LogP contribution in [0.3, 0.4) is 0 Å². The van der Waals surface area contributed by atoms with Crippen molar-refractivity contribution in [2.75, 3.05) is 25.0 Å². The first-order chi connectivity index (χ1) is 20.6. The van der Waals surface area contributed by atoms with Crippen LogP contribution < -0.4 is 14.4 Å². The maximum Gasteiger partial charge on any atom is 0.264 e. The summed E-state index contributed by atoms with van der Waals surface area (Å²) in [6.45, 7) is 3.37. The number of likely N-dealkylation sites (N-methyl/N-ethyl adjacent to an activating group) is 1. The average Bonchev–Trinajstić information content (AvgIpc) is 3.02. The summed E-state index contributed by atoms with van der Waals surface area (Å²) in [4.78, 5) is 29.3. The molecule has 43 heavy (non-hydrogen) atoms. The van der Waals surface area contributed by atoms with Crippen molar-refractivity contribution in [2.24, 2.45) is 0 Å². The van der Waals surface area contributed by atoms with Crippen molar-refractivity contribution in [1.29, 1.82) is 0 Å². The maximum atomic E-state index is 14.4. The van der Waals surface area contributed by atoms with Crippen molar-refractivity contribution in [2.45, 2.75) is 37.8 Å². The van der Waals surface area contributed by atoms with Gasteiger partial charge < -0.3 is 15.0 Å². The minimum atomic E-state index is -4.22. The lowest BCUT2D eigenvalue weighted by atomic mass is 10.0. The molecule has 1 N–H and O–H groups in total. The number of aryl methyl sites for hydroxylation is 2. The molecule has 4 aromatic rings. The highest BCUT2D eigenvalue weighted by Crippen LogP contribution is 2.33. The molecule has 224 valence electrons. The van der Waals surface area contributed by atoms with E-state index in [4.69, 9.17) is 4.74 Å². The number of amides is 2. The molecule has 0 aliphatic rings. The van der Waals surface area contributed by atoms with Gasteiger partial charge in [0, 0.05) is 20.0 Å². The number of ether oxygens (including phenoxy) is 1. The summed E-state index contributed by atoms with van der Waals surface area (Å²) < 4.78 is 34.9. The number of anilines is 1. The summed E-state index contributed by atoms with van der Waals surface area (Å²) in [7, 11) is -1.24. The molecule has 0 fully saturated rings. The molecule has 0 aromatic heterocycles. The molecular formula is C34H37N3O5S. The molecule has 4 aromatic carbocycles. The van der Waals surface area contributed by atoms with Crippen molar-refractivity contribution < 1.29 is 22.7 Å². The van der Waals surface area contributed by atoms with E-state index in [1.165, 1.54) is 31.2 Å². The predicted molar refractivity (Wildman–Crippen MR) is 168 cm³/mol. The van der Waals surface area contributed by atoms with Crippen LogP contribution in [-0.2, 0) is 32.6 Å². The van der Waals surface area contributed by atoms with E-state index < -0.39 is 28.5 Å². The lowest BCUT2D eigenvalue weighted by Gasteiger charge is -2.34. The molecule has 0 heterocycles. The zero-order valence-electron chi connectivity index (χ0n) is 24.9. The normalized spacial score (nSPS) is 11.8. The van der Waals surface area contributed by atoms with E-state index in [1.54, 1.807) is 36.4 Å². The second-order valence-corrected chi connectivity index (χ2v) is 12.1. The van der Waals surface area contributed by atoms with Crippen LogP contribution in [0.25, 0.3) is 0 Å². The van der Waals surface area contributed by atoms with Gasteiger partial charge in [-0.05, 0) is 54.8 Å². The number of sulfonamides is 1. The van der Waals surface area contributed by atoms with Gasteiger partial charge in [-0.1, -0.05) is 84.4 Å². The van der Waals surface area contributed by atoms with Gasteiger partial charge in [0.15, 0.2) is 0 Å². The Morgan fingerprint density at radius 2 is 1.47 bits per heavy atom. The summed E-state index contributed by atoms with van der Waals surface area (Å²) in [6.07, 6.45) is 0.248. The number of carbonyl (C=O) groups is 2. The van der Waals surface area contributed by atoms with E-state index >= 15 is 0 Å². The van der Waals surface area contributed by atoms with Gasteiger partial charge in [-0.15, -0.1) is 0 Å². The van der Waals surface area contributed by atoms with Gasteiger partial charge >= 0.3 is 0 Å². The van der Waals surface area contributed by atoms with Gasteiger partial charge in [-0.3, -0.25) is 13.9 Å². The highest BCUT2D eigenvalue weighted by Gasteiger charge is 2.35. The van der Waals surface area contributed by atoms with Gasteiger partial charge in [0.2, 0.25) is 11.8 Å². The van der Waals surface area contributed by atoms with Gasteiger partial charge in [0.1, 0.15) is 18.3 Å². The third-order valence-electron chi connectivity index (χ3n) is 7.36. The Balaban J connectivity index is 1.82. The fourth-order valence-corrected chi connectivity index (χ4v) is 6.30. The number of nitrogens with zero attached hydrogens (tertiary/aromatic N) is 2. The van der Waals surface area contributed by atoms with E-state index in [-0.39, 0.29) is 29.5 Å². The number of carbonyl (C=O) groups excluding carboxylic acids is 2. The Morgan fingerprint density at radius 3 is 2.12 bits per heavy atom. The molecule has 0 aliphatic heterocycles. The van der Waals surface area contributed by atoms with Crippen LogP contribution in [0, 0.1) is 13.8 Å². The van der Waals surface area contributed by atoms with Crippen LogP contribution in [-0.4, -0.2) is 51.9 Å². The molecule has 8 nitrogen and oxygen atoms in total. The van der Waals surface area contributed by atoms with E-state index in [0.29, 0.717) is 5.75 Å². The molecule has 0 unspecified atom stereocenters. The molecule has 9 heteroatoms. The van der Waals surface area contributed by atoms with Crippen LogP contribution in [0.15, 0.2) is 108 Å². The molecule has 0 bridgehead atoms. The van der Waals surface area contributed by atoms with Crippen molar-refractivity contribution in [1.82, 2.24) is 10.2 Å². The second kappa shape index (κ2) is 14.0. The fraction of sp³-hybridized carbons (Fsp3) is 0.235. The lowest BCUT2D eigenvalue weighted by molar-refractivity contribution is -0.139. The summed E-state index contributed by atoms with van der Waals surface area (Å²) in [5.41, 5.74) is 3.78. The monoisotopic (exact) mass is 599 g/mol. The SMILES string of the molecule is CNC(=O)[C@H](Cc1ccccc1)N(Cc1ccccc1C)C(=O)CN(c1ccccc1OC)S(=O)(=O)c1ccc(C)cc1. The average molecular weight is 600 g/mol. The topological polar surface area (TPSA) is 96.0 Å². The molecule has 0 saturated heterocycles. The minimum Gasteiger partial charge on any atom is -0.495 e. The van der Waals surface area contributed by atoms with Crippen molar-refractivity contribution in [3.05, 3.63) is 125 Å². The maximum absolute atomic E-state index is 14.4. The molecule has 0 aliphatic carbocycles. The highest BCUT2D eigenvalue weighted by molar-refractivity contribution is 7.92. The first kappa shape index (κ1) is 31.3. The second-order valence-electron chi connectivity index (χ2n) is 10.3. The summed E-state index contributed by atoms with van der Waals surface area (Å²) >= 11 is 0. The fourth-order valence-electron chi connectivity index (χ4n) is 4.88. The summed E-state index contributed by atoms with van der Waals surface area (Å²) in [6, 6.07) is 29.3. The molecule has 2 amide bonds. The van der Waals surface area contributed by atoms with Crippen LogP contribution in [0.5, 0.6) is 5.75 Å². The Labute approximate surface area is 254 Å². The summed E-state index contributed by atoms with van der Waals surface area (Å²) in [5.74, 6) is -0.589. The molecule has 0 spiro atoms. The molecule has 0 radical (unpaired) electrons. The number of benzene rings is 4. The van der Waals surface area contributed by atoms with Crippen LogP contribution in [0.4, 0.5) is 5.69 Å². The van der Waals surface area contributed by atoms with E-state index in [0.717, 1.165) is 26.6 Å². The Hall–Kier alpha value is -4.63. The molecule has 4 rings (SSSR count). The van der Waals surface area contributed by atoms with Gasteiger partial charge in [-0.2, -0.15) is 0 Å². The third-order valence-corrected chi connectivity index (χ3v) is 9.14. The van der Waals surface area contributed by atoms with Crippen LogP contribution in [0.2, 0.25) is 0 Å². The van der Waals surface area contributed by atoms with E-state index in [2.05, 4.69) is 5.32 Å². The Bertz CT molecular complexity index is 1660. The zero-order valence-corrected chi connectivity index (χ0v) is 25.7. The number of rotatable bonds is 12. The van der Waals surface area contributed by atoms with E-state index in [9.17, 15) is 18.0 Å². The number of hydrogen-bond donors (Lipinski definition) is 1. The lowest BCUT2D eigenvalue weighted by Crippen LogP contribution is -2.53. The molecular weight excluding hydrogens is 562 g/mol. The van der Waals surface area contributed by atoms with E-state index in [1.807, 2.05) is 68.4 Å². The first-order valence-corrected chi connectivity index (χ1v) is 15.4. The smallest absolute Gasteiger partial charge is 0.264 e. The van der Waals surface area contributed by atoms with Gasteiger partial charge in [0.05, 0.1) is 17.7 Å². The number of nitrogens with one attached hydrogen (secondary N) is 1. The van der Waals surface area contributed by atoms with Gasteiger partial charge in [-0.25, -0.2) is 8.42 Å². The highest BCUT2D eigenvalue weighted by atomic mass is 32.2. The number of hydrogen-bond acceptors (Lipinski definition) is 5. The predicted octanol–water partition coefficient (Wildman–Crippen LogP) is 4.89. The third kappa shape index (κ3) is 7.42. The van der Waals surface area contributed by atoms with Crippen LogP contribution in [0.1, 0.15) is 22.3 Å². The largest absolute Gasteiger partial charge is 0.495 e. The molecule has 1 atom stereocenters. The zero-order chi connectivity index (χ0) is 31.0. The van der Waals surface area contributed by atoms with Crippen molar-refractivity contribution >= 4 is 27.5 Å². The number of methoxy groups -OCH3 is 1. The van der Waals surface area contributed by atoms with Crippen LogP contribution >= 0.6 is 0 Å². The minimum absolute atomic E-state index is 0.0365. The quantitative estimate of drug-likeness (QED) is 0.250. The van der Waals surface area contributed by atoms with Crippen molar-refractivity contribution in [3.63, 3.8) is 0 Å². The van der Waals surface area contributed by atoms with Crippen molar-refractivity contribution in [3.8, 4) is 5.75 Å². The standard InChI is InChI=1S/C34H37N3O5S/c1-25-18-20-29(21-19-25)43(40,41)37(30-16-10-11-17-32(30)42-4)24-33(38)36(23-28-15-9-8-12-26(28)2)31(34(39)35-3)22-27-13-6-5-7-14-27/h5-21,31H,22-24H2,1-4H3,(H,35,39)/t31-/m0/s1. The first-order valence-electron chi connectivity index (χ1n) is 14.0. The Morgan fingerprint density at radius 1 is 0.837 bits per heavy atom. The molecule has 0 saturated carbocycles. The summed E-state index contributed by atoms with van der Waals surface area (Å²) in [5, 5.41) is 2.70. The van der Waals surface area contributed by atoms with Gasteiger partial charge in [0.25, 0.3) is 10.0 Å².